The van der Waals surface area contributed by atoms with Crippen LogP contribution in [0.2, 0.25) is 0 Å². The van der Waals surface area contributed by atoms with E-state index in [1.807, 2.05) is 41.5 Å². The van der Waals surface area contributed by atoms with E-state index in [2.05, 4.69) is 0 Å². The fraction of sp³-hybridized carbons (Fsp3) is 0.905. The molecule has 36 heteroatoms. The molecule has 0 amide bonds. The summed E-state index contributed by atoms with van der Waals surface area (Å²) in [6.45, 7) is 42.5. The second kappa shape index (κ2) is 80.1. The summed E-state index contributed by atoms with van der Waals surface area (Å²) < 4.78 is 153. The summed E-state index contributed by atoms with van der Waals surface area (Å²) in [7, 11) is 0. The van der Waals surface area contributed by atoms with Gasteiger partial charge in [-0.1, -0.05) is 96.9 Å². The second-order valence-electron chi connectivity index (χ2n) is 29.7. The molecule has 8 atom stereocenters. The molecular formula is C84H154O36. The van der Waals surface area contributed by atoms with Gasteiger partial charge in [-0.3, -0.25) is 38.4 Å². The molecule has 0 N–H and O–H groups in total. The van der Waals surface area contributed by atoms with Crippen molar-refractivity contribution in [2.45, 2.75) is 110 Å². The number of ether oxygens (including phenoxy) is 28. The van der Waals surface area contributed by atoms with Crippen molar-refractivity contribution in [3.63, 3.8) is 0 Å². The highest BCUT2D eigenvalue weighted by molar-refractivity contribution is 5.90. The van der Waals surface area contributed by atoms with Crippen molar-refractivity contribution >= 4 is 47.4 Å². The number of ketones is 2. The molecule has 0 heterocycles. The lowest BCUT2D eigenvalue weighted by Gasteiger charge is -2.25. The molecule has 0 aliphatic rings. The molecule has 0 aromatic carbocycles. The molecule has 0 aliphatic heterocycles. The van der Waals surface area contributed by atoms with Crippen LogP contribution >= 0.6 is 0 Å². The first-order valence-electron chi connectivity index (χ1n) is 42.6. The van der Waals surface area contributed by atoms with Gasteiger partial charge in [-0.15, -0.1) is 0 Å². The van der Waals surface area contributed by atoms with E-state index >= 15 is 0 Å². The summed E-state index contributed by atoms with van der Waals surface area (Å²) in [5.41, 5.74) is -1.12. The van der Waals surface area contributed by atoms with Crippen LogP contribution in [0.1, 0.15) is 110 Å². The second-order valence-corrected chi connectivity index (χ2v) is 29.7. The van der Waals surface area contributed by atoms with E-state index in [1.54, 1.807) is 55.4 Å². The van der Waals surface area contributed by atoms with Gasteiger partial charge in [0.05, 0.1) is 353 Å². The number of rotatable bonds is 89. The first-order valence-corrected chi connectivity index (χ1v) is 42.6. The molecule has 0 bridgehead atoms. The van der Waals surface area contributed by atoms with Crippen molar-refractivity contribution in [2.75, 3.05) is 330 Å². The fourth-order valence-corrected chi connectivity index (χ4v) is 9.77. The maximum Gasteiger partial charge on any atom is 0.309 e. The van der Waals surface area contributed by atoms with Crippen molar-refractivity contribution in [3.8, 4) is 0 Å². The number of hydrogen-bond acceptors (Lipinski definition) is 36. The van der Waals surface area contributed by atoms with Gasteiger partial charge < -0.3 is 133 Å². The number of Topliss-reactive ketones (excluding diaryl/α,β-unsaturated/α-hetero) is 2. The summed E-state index contributed by atoms with van der Waals surface area (Å²) >= 11 is 0. The average Bonchev–Trinajstić information content (AvgIpc) is 0.853. The van der Waals surface area contributed by atoms with E-state index in [1.165, 1.54) is 0 Å². The lowest BCUT2D eigenvalue weighted by atomic mass is 9.79. The lowest BCUT2D eigenvalue weighted by molar-refractivity contribution is -0.161. The molecule has 0 radical (unpaired) electrons. The van der Waals surface area contributed by atoms with Gasteiger partial charge in [0.15, 0.2) is 0 Å². The highest BCUT2D eigenvalue weighted by atomic mass is 16.6. The van der Waals surface area contributed by atoms with Gasteiger partial charge in [0.25, 0.3) is 0 Å². The van der Waals surface area contributed by atoms with Crippen LogP contribution in [-0.2, 0) is 171 Å². The van der Waals surface area contributed by atoms with E-state index in [9.17, 15) is 38.4 Å². The zero-order chi connectivity index (χ0) is 88.8. The first-order chi connectivity index (χ1) is 57.8. The van der Waals surface area contributed by atoms with Gasteiger partial charge in [-0.2, -0.15) is 0 Å². The van der Waals surface area contributed by atoms with Crippen molar-refractivity contribution in [2.24, 2.45) is 58.2 Å². The molecule has 706 valence electrons. The Balaban J connectivity index is 3.34. The first kappa shape index (κ1) is 115. The van der Waals surface area contributed by atoms with Gasteiger partial charge in [0.1, 0.15) is 24.8 Å². The molecule has 8 unspecified atom stereocenters. The smallest absolute Gasteiger partial charge is 0.309 e. The predicted octanol–water partition coefficient (Wildman–Crippen LogP) is 5.71. The third kappa shape index (κ3) is 68.6. The summed E-state index contributed by atoms with van der Waals surface area (Å²) in [4.78, 5) is 99.8. The minimum Gasteiger partial charge on any atom is -0.465 e. The third-order valence-electron chi connectivity index (χ3n) is 17.8. The van der Waals surface area contributed by atoms with Crippen molar-refractivity contribution in [1.82, 2.24) is 0 Å². The quantitative estimate of drug-likeness (QED) is 0.0399. The molecule has 0 saturated carbocycles. The van der Waals surface area contributed by atoms with Crippen LogP contribution in [0.15, 0.2) is 0 Å². The maximum atomic E-state index is 12.5. The van der Waals surface area contributed by atoms with Crippen LogP contribution in [0.5, 0.6) is 0 Å². The Bertz CT molecular complexity index is 2300. The van der Waals surface area contributed by atoms with Gasteiger partial charge in [0.2, 0.25) is 0 Å². The minimum atomic E-state index is -0.744. The fourth-order valence-electron chi connectivity index (χ4n) is 9.77. The number of carbonyl (C=O) groups excluding carboxylic acids is 8. The normalized spacial score (nSPS) is 13.9. The molecule has 0 fully saturated rings. The van der Waals surface area contributed by atoms with Crippen LogP contribution in [0.3, 0.4) is 0 Å². The number of hydrogen-bond donors (Lipinski definition) is 0. The topological polar surface area (TPSA) is 395 Å². The number of esters is 6. The van der Waals surface area contributed by atoms with Crippen LogP contribution in [0.25, 0.3) is 0 Å². The largest absolute Gasteiger partial charge is 0.465 e. The van der Waals surface area contributed by atoms with Gasteiger partial charge in [-0.05, 0) is 0 Å². The summed E-state index contributed by atoms with van der Waals surface area (Å²) in [6, 6.07) is 0. The molecule has 36 nitrogen and oxygen atoms in total. The Hall–Kier alpha value is -4.72. The summed E-state index contributed by atoms with van der Waals surface area (Å²) in [6.07, 6.45) is 0.559. The lowest BCUT2D eigenvalue weighted by Crippen LogP contribution is -2.34. The maximum absolute atomic E-state index is 12.5. The van der Waals surface area contributed by atoms with Gasteiger partial charge in [-0.25, -0.2) is 0 Å². The molecule has 0 rings (SSSR count). The van der Waals surface area contributed by atoms with Gasteiger partial charge >= 0.3 is 35.8 Å². The van der Waals surface area contributed by atoms with Crippen LogP contribution in [0.4, 0.5) is 0 Å². The third-order valence-corrected chi connectivity index (χ3v) is 17.8. The number of carbonyl (C=O) groups is 8. The van der Waals surface area contributed by atoms with Gasteiger partial charge in [0, 0.05) is 35.5 Å². The monoisotopic (exact) mass is 1740 g/mol. The van der Waals surface area contributed by atoms with E-state index in [0.29, 0.717) is 277 Å². The van der Waals surface area contributed by atoms with Crippen LogP contribution in [0, 0.1) is 58.2 Å². The van der Waals surface area contributed by atoms with Crippen molar-refractivity contribution in [3.05, 3.63) is 0 Å². The Morgan fingerprint density at radius 3 is 0.350 bits per heavy atom. The van der Waals surface area contributed by atoms with Crippen LogP contribution in [-0.4, -0.2) is 378 Å². The molecule has 0 aliphatic carbocycles. The zero-order valence-electron chi connectivity index (χ0n) is 75.1. The Labute approximate surface area is 714 Å². The highest BCUT2D eigenvalue weighted by Gasteiger charge is 2.36. The van der Waals surface area contributed by atoms with E-state index in [-0.39, 0.29) is 77.3 Å². The minimum absolute atomic E-state index is 0.0132. The van der Waals surface area contributed by atoms with E-state index in [0.717, 1.165) is 0 Å². The SMILES string of the molecule is CC(C(=O)OCCCOC(=O)C(C)C(C)C(=O)C(C)(C)C)C(C)C(=O)OCCOCCOCCOCCOCCOCCOCCOCCOCCOCCOCCOCCOCCOCCOCCOCCOCCOCCOCCOCCOCCOCCOCCOC(=O)C(C)C(C)C(=O)OCCCOC(=O)C(C)C(C)C(=O)C(C)(C)C. The Morgan fingerprint density at radius 2 is 0.242 bits per heavy atom. The van der Waals surface area contributed by atoms with E-state index in [4.69, 9.17) is 133 Å². The Morgan fingerprint density at radius 1 is 0.150 bits per heavy atom. The Kier molecular flexibility index (Phi) is 77.0. The molecular weight excluding hydrogens is 1580 g/mol. The molecule has 120 heavy (non-hydrogen) atoms. The van der Waals surface area contributed by atoms with Crippen LogP contribution < -0.4 is 0 Å². The zero-order valence-corrected chi connectivity index (χ0v) is 75.1. The standard InChI is InChI=1S/C84H154O36/c1-67(75(85)83(9,10)11)69(3)77(87)115-17-15-19-117-79(89)71(5)73(7)81(91)119-65-63-113-61-59-111-57-55-109-53-51-107-49-47-105-45-43-103-41-39-101-37-35-99-33-31-97-29-27-95-25-23-93-21-22-94-24-26-96-28-30-98-32-34-100-36-38-102-40-42-104-44-46-106-48-50-108-52-54-110-56-58-112-60-62-114-64-66-120-82(92)74(8)72(6)80(90)118-20-16-18-116-78(88)70(4)68(2)76(86)84(12,13)14/h67-74H,15-66H2,1-14H3. The molecule has 0 aromatic rings. The average molecular weight is 1740 g/mol. The molecule has 0 aromatic heterocycles. The van der Waals surface area contributed by atoms with Crippen molar-refractivity contribution < 1.29 is 171 Å². The summed E-state index contributed by atoms with van der Waals surface area (Å²) in [5.74, 6) is -8.33. The highest BCUT2D eigenvalue weighted by Crippen LogP contribution is 2.27. The summed E-state index contributed by atoms with van der Waals surface area (Å²) in [5, 5.41) is 0. The predicted molar refractivity (Wildman–Crippen MR) is 435 cm³/mol. The van der Waals surface area contributed by atoms with E-state index < -0.39 is 94.0 Å². The molecule has 0 saturated heterocycles. The molecule has 0 spiro atoms. The van der Waals surface area contributed by atoms with Crippen molar-refractivity contribution in [1.29, 1.82) is 0 Å².